The molecule has 0 aliphatic carbocycles. The molecule has 1 aromatic heterocycles. The first kappa shape index (κ1) is 8.67. The van der Waals surface area contributed by atoms with E-state index in [-0.39, 0.29) is 0 Å². The number of aromatic nitrogens is 1. The van der Waals surface area contributed by atoms with Crippen LogP contribution in [-0.4, -0.2) is 16.1 Å². The highest BCUT2D eigenvalue weighted by molar-refractivity contribution is 9.11. The molecule has 0 radical (unpaired) electrons. The van der Waals surface area contributed by atoms with Crippen LogP contribution in [0.5, 0.6) is 0 Å². The van der Waals surface area contributed by atoms with Gasteiger partial charge < -0.3 is 5.11 Å². The van der Waals surface area contributed by atoms with E-state index in [0.717, 1.165) is 11.3 Å². The molecule has 0 aliphatic heterocycles. The Morgan fingerprint density at radius 3 is 2.82 bits per heavy atom. The van der Waals surface area contributed by atoms with E-state index in [1.165, 1.54) is 0 Å². The summed E-state index contributed by atoms with van der Waals surface area (Å²) in [7, 11) is 0. The average molecular weight is 236 g/mol. The molecule has 0 aromatic carbocycles. The summed E-state index contributed by atoms with van der Waals surface area (Å²) in [5, 5.41) is 8.66. The number of halogens is 1. The third-order valence-electron chi connectivity index (χ3n) is 1.20. The Kier molecular flexibility index (Phi) is 2.62. The zero-order chi connectivity index (χ0) is 8.43. The SMILES string of the molecule is CCc1nc(Br)sc1C(=O)O. The fourth-order valence-electron chi connectivity index (χ4n) is 0.730. The molecular formula is C6H6BrNO2S. The van der Waals surface area contributed by atoms with Crippen LogP contribution in [-0.2, 0) is 6.42 Å². The molecule has 0 aliphatic rings. The van der Waals surface area contributed by atoms with Gasteiger partial charge in [0, 0.05) is 0 Å². The van der Waals surface area contributed by atoms with Gasteiger partial charge in [0.25, 0.3) is 0 Å². The summed E-state index contributed by atoms with van der Waals surface area (Å²) in [6, 6.07) is 0. The van der Waals surface area contributed by atoms with Gasteiger partial charge in [0.1, 0.15) is 4.88 Å². The van der Waals surface area contributed by atoms with Gasteiger partial charge in [0.2, 0.25) is 0 Å². The number of rotatable bonds is 2. The lowest BCUT2D eigenvalue weighted by Gasteiger charge is -1.89. The van der Waals surface area contributed by atoms with Gasteiger partial charge in [-0.25, -0.2) is 9.78 Å². The number of thiazole rings is 1. The van der Waals surface area contributed by atoms with E-state index < -0.39 is 5.97 Å². The van der Waals surface area contributed by atoms with Crippen molar-refractivity contribution in [3.8, 4) is 0 Å². The normalized spacial score (nSPS) is 10.0. The van der Waals surface area contributed by atoms with E-state index in [1.54, 1.807) is 0 Å². The molecule has 1 rings (SSSR count). The van der Waals surface area contributed by atoms with Gasteiger partial charge in [-0.2, -0.15) is 0 Å². The molecule has 0 saturated heterocycles. The first-order chi connectivity index (χ1) is 5.15. The molecule has 1 aromatic rings. The third-order valence-corrected chi connectivity index (χ3v) is 2.74. The molecule has 0 unspecified atom stereocenters. The summed E-state index contributed by atoms with van der Waals surface area (Å²) in [4.78, 5) is 14.9. The van der Waals surface area contributed by atoms with Crippen molar-refractivity contribution >= 4 is 33.2 Å². The van der Waals surface area contributed by atoms with Crippen LogP contribution >= 0.6 is 27.3 Å². The van der Waals surface area contributed by atoms with E-state index in [1.807, 2.05) is 6.92 Å². The standard InChI is InChI=1S/C6H6BrNO2S/c1-2-3-4(5(9)10)11-6(7)8-3/h2H2,1H3,(H,9,10). The van der Waals surface area contributed by atoms with Crippen molar-refractivity contribution in [1.29, 1.82) is 0 Å². The Balaban J connectivity index is 3.12. The zero-order valence-corrected chi connectivity index (χ0v) is 8.20. The fourth-order valence-corrected chi connectivity index (χ4v) is 2.15. The molecule has 0 saturated carbocycles. The molecule has 0 bridgehead atoms. The smallest absolute Gasteiger partial charge is 0.347 e. The highest BCUT2D eigenvalue weighted by Crippen LogP contribution is 2.23. The molecule has 5 heteroatoms. The summed E-state index contributed by atoms with van der Waals surface area (Å²) in [6.07, 6.45) is 0.656. The lowest BCUT2D eigenvalue weighted by molar-refractivity contribution is 0.0701. The van der Waals surface area contributed by atoms with Crippen LogP contribution in [0.2, 0.25) is 0 Å². The average Bonchev–Trinajstić information content (AvgIpc) is 2.30. The summed E-state index contributed by atoms with van der Waals surface area (Å²) in [5.74, 6) is -0.898. The minimum atomic E-state index is -0.898. The van der Waals surface area contributed by atoms with E-state index in [4.69, 9.17) is 5.11 Å². The van der Waals surface area contributed by atoms with Gasteiger partial charge in [0.05, 0.1) is 5.69 Å². The quantitative estimate of drug-likeness (QED) is 0.855. The van der Waals surface area contributed by atoms with E-state index in [2.05, 4.69) is 20.9 Å². The monoisotopic (exact) mass is 235 g/mol. The van der Waals surface area contributed by atoms with Crippen LogP contribution in [0.4, 0.5) is 0 Å². The number of hydrogen-bond donors (Lipinski definition) is 1. The molecule has 60 valence electrons. The lowest BCUT2D eigenvalue weighted by atomic mass is 10.3. The summed E-state index contributed by atoms with van der Waals surface area (Å²) >= 11 is 4.29. The molecule has 0 atom stereocenters. The van der Waals surface area contributed by atoms with Gasteiger partial charge in [-0.3, -0.25) is 0 Å². The maximum absolute atomic E-state index is 10.5. The van der Waals surface area contributed by atoms with Gasteiger partial charge >= 0.3 is 5.97 Å². The Hall–Kier alpha value is -0.420. The van der Waals surface area contributed by atoms with Crippen LogP contribution in [0.15, 0.2) is 3.92 Å². The molecule has 11 heavy (non-hydrogen) atoms. The number of hydrogen-bond acceptors (Lipinski definition) is 3. The predicted octanol–water partition coefficient (Wildman–Crippen LogP) is 2.17. The summed E-state index contributed by atoms with van der Waals surface area (Å²) < 4.78 is 0.631. The van der Waals surface area contributed by atoms with Crippen LogP contribution < -0.4 is 0 Å². The number of aryl methyl sites for hydroxylation is 1. The van der Waals surface area contributed by atoms with Crippen LogP contribution in [0.25, 0.3) is 0 Å². The molecule has 0 amide bonds. The van der Waals surface area contributed by atoms with Crippen LogP contribution in [0, 0.1) is 0 Å². The molecule has 0 fully saturated rings. The molecule has 3 nitrogen and oxygen atoms in total. The van der Waals surface area contributed by atoms with Crippen molar-refractivity contribution in [2.75, 3.05) is 0 Å². The predicted molar refractivity (Wildman–Crippen MR) is 46.2 cm³/mol. The Morgan fingerprint density at radius 2 is 2.45 bits per heavy atom. The molecule has 1 N–H and O–H groups in total. The first-order valence-corrected chi connectivity index (χ1v) is 4.64. The van der Waals surface area contributed by atoms with Crippen molar-refractivity contribution < 1.29 is 9.90 Å². The van der Waals surface area contributed by atoms with Crippen molar-refractivity contribution in [3.63, 3.8) is 0 Å². The minimum Gasteiger partial charge on any atom is -0.477 e. The van der Waals surface area contributed by atoms with E-state index in [0.29, 0.717) is 20.9 Å². The zero-order valence-electron chi connectivity index (χ0n) is 5.80. The number of carboxylic acids is 1. The van der Waals surface area contributed by atoms with Crippen LogP contribution in [0.3, 0.4) is 0 Å². The Labute approximate surface area is 76.2 Å². The first-order valence-electron chi connectivity index (χ1n) is 3.03. The highest BCUT2D eigenvalue weighted by Gasteiger charge is 2.13. The van der Waals surface area contributed by atoms with E-state index in [9.17, 15) is 4.79 Å². The maximum Gasteiger partial charge on any atom is 0.347 e. The topological polar surface area (TPSA) is 50.2 Å². The van der Waals surface area contributed by atoms with Gasteiger partial charge in [-0.05, 0) is 22.4 Å². The summed E-state index contributed by atoms with van der Waals surface area (Å²) in [6.45, 7) is 1.88. The van der Waals surface area contributed by atoms with Gasteiger partial charge in [0.15, 0.2) is 3.92 Å². The van der Waals surface area contributed by atoms with Gasteiger partial charge in [-0.1, -0.05) is 18.3 Å². The van der Waals surface area contributed by atoms with Gasteiger partial charge in [-0.15, -0.1) is 0 Å². The number of nitrogens with zero attached hydrogens (tertiary/aromatic N) is 1. The number of aromatic carboxylic acids is 1. The molecular weight excluding hydrogens is 230 g/mol. The van der Waals surface area contributed by atoms with Crippen molar-refractivity contribution in [3.05, 3.63) is 14.5 Å². The maximum atomic E-state index is 10.5. The lowest BCUT2D eigenvalue weighted by Crippen LogP contribution is -1.97. The fraction of sp³-hybridized carbons (Fsp3) is 0.333. The van der Waals surface area contributed by atoms with Crippen molar-refractivity contribution in [2.24, 2.45) is 0 Å². The number of carboxylic acid groups (broad SMARTS) is 1. The third kappa shape index (κ3) is 1.78. The second-order valence-corrected chi connectivity index (χ2v) is 4.18. The second kappa shape index (κ2) is 3.32. The summed E-state index contributed by atoms with van der Waals surface area (Å²) in [5.41, 5.74) is 0.648. The number of carbonyl (C=O) groups is 1. The highest BCUT2D eigenvalue weighted by atomic mass is 79.9. The van der Waals surface area contributed by atoms with Crippen LogP contribution in [0.1, 0.15) is 22.3 Å². The van der Waals surface area contributed by atoms with Crippen molar-refractivity contribution in [2.45, 2.75) is 13.3 Å². The second-order valence-electron chi connectivity index (χ2n) is 1.90. The minimum absolute atomic E-state index is 0.333. The molecule has 1 heterocycles. The molecule has 0 spiro atoms. The van der Waals surface area contributed by atoms with E-state index >= 15 is 0 Å². The van der Waals surface area contributed by atoms with Crippen molar-refractivity contribution in [1.82, 2.24) is 4.98 Å². The Bertz CT molecular complexity index is 284. The largest absolute Gasteiger partial charge is 0.477 e. The Morgan fingerprint density at radius 1 is 1.82 bits per heavy atom.